The predicted molar refractivity (Wildman–Crippen MR) is 155 cm³/mol. The maximum absolute atomic E-state index is 12.7. The second kappa shape index (κ2) is 13.0. The zero-order valence-electron chi connectivity index (χ0n) is 22.2. The molecule has 1 amide bonds. The van der Waals surface area contributed by atoms with Crippen LogP contribution in [0.2, 0.25) is 0 Å². The minimum absolute atomic E-state index is 0.114. The van der Waals surface area contributed by atoms with Gasteiger partial charge in [-0.3, -0.25) is 4.79 Å². The van der Waals surface area contributed by atoms with E-state index in [2.05, 4.69) is 36.6 Å². The maximum atomic E-state index is 12.7. The molecule has 1 fully saturated rings. The van der Waals surface area contributed by atoms with Crippen LogP contribution in [-0.4, -0.2) is 58.5 Å². The van der Waals surface area contributed by atoms with Gasteiger partial charge in [0, 0.05) is 47.5 Å². The monoisotopic (exact) mass is 521 g/mol. The smallest absolute Gasteiger partial charge is 0.251 e. The second-order valence-corrected chi connectivity index (χ2v) is 10.1. The normalized spacial score (nSPS) is 13.4. The van der Waals surface area contributed by atoms with Crippen molar-refractivity contribution in [3.63, 3.8) is 0 Å². The molecule has 0 bridgehead atoms. The van der Waals surface area contributed by atoms with E-state index in [4.69, 9.17) is 0 Å². The van der Waals surface area contributed by atoms with Gasteiger partial charge in [0.2, 0.25) is 5.95 Å². The molecule has 5 rings (SSSR count). The summed E-state index contributed by atoms with van der Waals surface area (Å²) in [5, 5.41) is 16.5. The predicted octanol–water partition coefficient (Wildman–Crippen LogP) is 5.15. The highest BCUT2D eigenvalue weighted by atomic mass is 16.1. The maximum Gasteiger partial charge on any atom is 0.251 e. The number of carbonyl (C=O) groups excluding carboxylic acids is 1. The third-order valence-electron chi connectivity index (χ3n) is 7.30. The van der Waals surface area contributed by atoms with Crippen LogP contribution >= 0.6 is 0 Å². The number of amides is 1. The van der Waals surface area contributed by atoms with Crippen LogP contribution in [0.1, 0.15) is 53.6 Å². The Kier molecular flexibility index (Phi) is 8.82. The molecule has 0 spiro atoms. The van der Waals surface area contributed by atoms with Crippen LogP contribution in [0.15, 0.2) is 60.9 Å². The van der Waals surface area contributed by atoms with Gasteiger partial charge in [-0.25, -0.2) is 9.97 Å². The molecular weight excluding hydrogens is 486 g/mol. The van der Waals surface area contributed by atoms with Crippen molar-refractivity contribution < 1.29 is 4.79 Å². The van der Waals surface area contributed by atoms with E-state index >= 15 is 0 Å². The van der Waals surface area contributed by atoms with E-state index in [1.165, 1.54) is 45.3 Å². The molecule has 0 unspecified atom stereocenters. The Morgan fingerprint density at radius 1 is 1.03 bits per heavy atom. The number of unbranched alkanes of at least 4 members (excludes halogenated alkanes) is 2. The molecule has 8 nitrogen and oxygen atoms in total. The van der Waals surface area contributed by atoms with Crippen molar-refractivity contribution in [3.8, 4) is 17.3 Å². The summed E-state index contributed by atoms with van der Waals surface area (Å²) in [6.07, 6.45) is 10.4. The fourth-order valence-electron chi connectivity index (χ4n) is 5.08. The Labute approximate surface area is 229 Å². The Hall–Kier alpha value is -4.22. The van der Waals surface area contributed by atoms with Gasteiger partial charge in [0.15, 0.2) is 0 Å². The van der Waals surface area contributed by atoms with Crippen molar-refractivity contribution >= 4 is 22.8 Å². The molecule has 4 aromatic rings. The molecular formula is C31H35N7O. The van der Waals surface area contributed by atoms with Gasteiger partial charge in [-0.1, -0.05) is 24.6 Å². The van der Waals surface area contributed by atoms with Gasteiger partial charge < -0.3 is 20.5 Å². The molecule has 3 N–H and O–H groups in total. The summed E-state index contributed by atoms with van der Waals surface area (Å²) in [6, 6.07) is 17.6. The minimum Gasteiger partial charge on any atom is -0.360 e. The number of aromatic amines is 1. The molecule has 1 aliphatic rings. The van der Waals surface area contributed by atoms with Crippen molar-refractivity contribution in [2.24, 2.45) is 0 Å². The lowest BCUT2D eigenvalue weighted by Gasteiger charge is -2.13. The molecule has 8 heteroatoms. The standard InChI is InChI=1S/C31H35N7O/c32-21-26-22-36-29-11-6-23(20-27(26)29)12-15-33-30(39)25-9-7-24(8-10-25)28-13-16-35-31(37-28)34-14-2-1-3-17-38-18-4-5-19-38/h6-11,13,16,20,22,36H,1-5,12,14-15,17-19H2,(H,33,39)(H,34,35,37). The van der Waals surface area contributed by atoms with E-state index in [0.29, 0.717) is 30.0 Å². The largest absolute Gasteiger partial charge is 0.360 e. The number of H-pyrrole nitrogens is 1. The molecule has 0 aliphatic carbocycles. The number of benzene rings is 2. The number of nitrogens with one attached hydrogen (secondary N) is 3. The number of nitrogens with zero attached hydrogens (tertiary/aromatic N) is 4. The summed E-state index contributed by atoms with van der Waals surface area (Å²) in [5.74, 6) is 0.519. The third-order valence-corrected chi connectivity index (χ3v) is 7.30. The Morgan fingerprint density at radius 2 is 1.87 bits per heavy atom. The summed E-state index contributed by atoms with van der Waals surface area (Å²) >= 11 is 0. The lowest BCUT2D eigenvalue weighted by Crippen LogP contribution is -2.25. The van der Waals surface area contributed by atoms with E-state index in [0.717, 1.165) is 40.7 Å². The second-order valence-electron chi connectivity index (χ2n) is 10.1. The van der Waals surface area contributed by atoms with Crippen LogP contribution in [0.4, 0.5) is 5.95 Å². The fraction of sp³-hybridized carbons (Fsp3) is 0.355. The van der Waals surface area contributed by atoms with Crippen molar-refractivity contribution in [1.82, 2.24) is 25.2 Å². The first kappa shape index (κ1) is 26.4. The number of carbonyl (C=O) groups is 1. The van der Waals surface area contributed by atoms with E-state index in [1.54, 1.807) is 12.4 Å². The lowest BCUT2D eigenvalue weighted by molar-refractivity contribution is 0.0954. The van der Waals surface area contributed by atoms with Gasteiger partial charge in [0.05, 0.1) is 11.3 Å². The summed E-state index contributed by atoms with van der Waals surface area (Å²) < 4.78 is 0. The average Bonchev–Trinajstić information content (AvgIpc) is 3.65. The number of nitriles is 1. The molecule has 0 saturated carbocycles. The van der Waals surface area contributed by atoms with Gasteiger partial charge in [0.1, 0.15) is 6.07 Å². The first-order valence-corrected chi connectivity index (χ1v) is 13.9. The molecule has 2 aromatic carbocycles. The van der Waals surface area contributed by atoms with Gasteiger partial charge in [0.25, 0.3) is 5.91 Å². The molecule has 39 heavy (non-hydrogen) atoms. The first-order valence-electron chi connectivity index (χ1n) is 13.9. The third kappa shape index (κ3) is 7.01. The number of rotatable bonds is 12. The summed E-state index contributed by atoms with van der Waals surface area (Å²) in [4.78, 5) is 27.4. The Balaban J connectivity index is 1.07. The zero-order valence-corrected chi connectivity index (χ0v) is 22.2. The zero-order chi connectivity index (χ0) is 26.9. The quantitative estimate of drug-likeness (QED) is 0.223. The highest BCUT2D eigenvalue weighted by Gasteiger charge is 2.11. The molecule has 2 aromatic heterocycles. The highest BCUT2D eigenvalue weighted by molar-refractivity contribution is 5.94. The topological polar surface area (TPSA) is 110 Å². The van der Waals surface area contributed by atoms with Crippen LogP contribution < -0.4 is 10.6 Å². The van der Waals surface area contributed by atoms with Crippen molar-refractivity contribution in [3.05, 3.63) is 77.6 Å². The molecule has 0 radical (unpaired) electrons. The highest BCUT2D eigenvalue weighted by Crippen LogP contribution is 2.20. The van der Waals surface area contributed by atoms with Crippen molar-refractivity contribution in [2.45, 2.75) is 38.5 Å². The minimum atomic E-state index is -0.114. The summed E-state index contributed by atoms with van der Waals surface area (Å²) in [7, 11) is 0. The van der Waals surface area contributed by atoms with Crippen LogP contribution in [0, 0.1) is 11.3 Å². The number of anilines is 1. The van der Waals surface area contributed by atoms with Crippen molar-refractivity contribution in [2.75, 3.05) is 38.0 Å². The molecule has 200 valence electrons. The van der Waals surface area contributed by atoms with E-state index < -0.39 is 0 Å². The lowest BCUT2D eigenvalue weighted by atomic mass is 10.1. The number of aromatic nitrogens is 3. The van der Waals surface area contributed by atoms with E-state index in [9.17, 15) is 10.1 Å². The van der Waals surface area contributed by atoms with E-state index in [1.807, 2.05) is 48.5 Å². The number of fused-ring (bicyclic) bond motifs is 1. The summed E-state index contributed by atoms with van der Waals surface area (Å²) in [6.45, 7) is 5.12. The van der Waals surface area contributed by atoms with Crippen LogP contribution in [-0.2, 0) is 6.42 Å². The Morgan fingerprint density at radius 3 is 2.69 bits per heavy atom. The van der Waals surface area contributed by atoms with Gasteiger partial charge >= 0.3 is 0 Å². The summed E-state index contributed by atoms with van der Waals surface area (Å²) in [5.41, 5.74) is 5.01. The number of hydrogen-bond acceptors (Lipinski definition) is 6. The molecule has 0 atom stereocenters. The number of likely N-dealkylation sites (tertiary alicyclic amines) is 1. The molecule has 1 saturated heterocycles. The van der Waals surface area contributed by atoms with Crippen LogP contribution in [0.5, 0.6) is 0 Å². The van der Waals surface area contributed by atoms with Gasteiger partial charge in [-0.2, -0.15) is 5.26 Å². The van der Waals surface area contributed by atoms with Gasteiger partial charge in [-0.15, -0.1) is 0 Å². The van der Waals surface area contributed by atoms with Crippen LogP contribution in [0.3, 0.4) is 0 Å². The van der Waals surface area contributed by atoms with Gasteiger partial charge in [-0.05, 0) is 87.6 Å². The van der Waals surface area contributed by atoms with Crippen molar-refractivity contribution in [1.29, 1.82) is 5.26 Å². The van der Waals surface area contributed by atoms with E-state index in [-0.39, 0.29) is 5.91 Å². The van der Waals surface area contributed by atoms with Crippen LogP contribution in [0.25, 0.3) is 22.2 Å². The number of hydrogen-bond donors (Lipinski definition) is 3. The first-order chi connectivity index (χ1) is 19.2. The molecule has 1 aliphatic heterocycles. The SMILES string of the molecule is N#Cc1c[nH]c2ccc(CCNC(=O)c3ccc(-c4ccnc(NCCCCCN5CCCC5)n4)cc3)cc12. The fourth-order valence-corrected chi connectivity index (χ4v) is 5.08. The Bertz CT molecular complexity index is 1430. The molecule has 3 heterocycles. The average molecular weight is 522 g/mol.